The van der Waals surface area contributed by atoms with E-state index in [0.29, 0.717) is 23.0 Å². The molecule has 0 spiro atoms. The molecule has 0 saturated heterocycles. The normalized spacial score (nSPS) is 11.4. The van der Waals surface area contributed by atoms with Crippen LogP contribution >= 0.6 is 0 Å². The van der Waals surface area contributed by atoms with Crippen LogP contribution in [0.15, 0.2) is 60.8 Å². The quantitative estimate of drug-likeness (QED) is 0.409. The fourth-order valence-corrected chi connectivity index (χ4v) is 3.41. The van der Waals surface area contributed by atoms with Gasteiger partial charge in [0.2, 0.25) is 5.91 Å². The third-order valence-electron chi connectivity index (χ3n) is 5.22. The fourth-order valence-electron chi connectivity index (χ4n) is 3.41. The number of anilines is 1. The Morgan fingerprint density at radius 2 is 1.62 bits per heavy atom. The van der Waals surface area contributed by atoms with Crippen LogP contribution in [0.1, 0.15) is 20.8 Å². The van der Waals surface area contributed by atoms with Crippen molar-refractivity contribution in [1.82, 2.24) is 4.98 Å². The highest BCUT2D eigenvalue weighted by atomic mass is 16.5. The maximum Gasteiger partial charge on any atom is 0.229 e. The zero-order valence-corrected chi connectivity index (χ0v) is 18.9. The third-order valence-corrected chi connectivity index (χ3v) is 5.22. The number of fused-ring (bicyclic) bond motifs is 2. The van der Waals surface area contributed by atoms with E-state index in [4.69, 9.17) is 14.2 Å². The van der Waals surface area contributed by atoms with Crippen LogP contribution in [0.4, 0.5) is 5.69 Å². The highest BCUT2D eigenvalue weighted by Crippen LogP contribution is 2.37. The molecule has 6 heteroatoms. The maximum atomic E-state index is 12.4. The Morgan fingerprint density at radius 3 is 2.34 bits per heavy atom. The van der Waals surface area contributed by atoms with E-state index in [9.17, 15) is 4.79 Å². The van der Waals surface area contributed by atoms with Crippen molar-refractivity contribution in [3.05, 3.63) is 60.8 Å². The zero-order valence-electron chi connectivity index (χ0n) is 18.9. The molecule has 1 aromatic heterocycles. The second kappa shape index (κ2) is 8.38. The number of benzene rings is 3. The maximum absolute atomic E-state index is 12.4. The first-order chi connectivity index (χ1) is 15.3. The van der Waals surface area contributed by atoms with Gasteiger partial charge in [0.1, 0.15) is 11.5 Å². The van der Waals surface area contributed by atoms with Crippen molar-refractivity contribution in [2.24, 2.45) is 5.41 Å². The zero-order chi connectivity index (χ0) is 22.9. The molecule has 0 aliphatic rings. The second-order valence-corrected chi connectivity index (χ2v) is 8.53. The number of hydrogen-bond acceptors (Lipinski definition) is 5. The van der Waals surface area contributed by atoms with Gasteiger partial charge in [-0.15, -0.1) is 0 Å². The summed E-state index contributed by atoms with van der Waals surface area (Å²) in [5, 5.41) is 5.76. The summed E-state index contributed by atoms with van der Waals surface area (Å²) in [4.78, 5) is 16.9. The van der Waals surface area contributed by atoms with Gasteiger partial charge in [0, 0.05) is 34.1 Å². The van der Waals surface area contributed by atoms with Crippen LogP contribution in [0.25, 0.3) is 21.7 Å². The fraction of sp³-hybridized carbons (Fsp3) is 0.231. The first kappa shape index (κ1) is 21.4. The first-order valence-corrected chi connectivity index (χ1v) is 10.3. The molecule has 1 amide bonds. The number of nitrogens with zero attached hydrogens (tertiary/aromatic N) is 1. The molecule has 164 valence electrons. The lowest BCUT2D eigenvalue weighted by molar-refractivity contribution is -0.123. The minimum Gasteiger partial charge on any atom is -0.493 e. The van der Waals surface area contributed by atoms with E-state index in [1.165, 1.54) is 0 Å². The van der Waals surface area contributed by atoms with Crippen molar-refractivity contribution >= 4 is 33.3 Å². The Kier molecular flexibility index (Phi) is 5.61. The number of aromatic nitrogens is 1. The highest BCUT2D eigenvalue weighted by molar-refractivity contribution is 6.04. The van der Waals surface area contributed by atoms with Gasteiger partial charge in [-0.25, -0.2) is 0 Å². The molecule has 0 fully saturated rings. The lowest BCUT2D eigenvalue weighted by Gasteiger charge is -2.19. The van der Waals surface area contributed by atoms with Gasteiger partial charge in [-0.3, -0.25) is 9.78 Å². The Bertz CT molecular complexity index is 1310. The molecule has 0 atom stereocenters. The molecule has 0 aliphatic carbocycles. The van der Waals surface area contributed by atoms with E-state index in [0.717, 1.165) is 27.4 Å². The summed E-state index contributed by atoms with van der Waals surface area (Å²) in [5.74, 6) is 2.53. The Labute approximate surface area is 187 Å². The average Bonchev–Trinajstić information content (AvgIpc) is 2.77. The van der Waals surface area contributed by atoms with E-state index in [-0.39, 0.29) is 5.91 Å². The number of methoxy groups -OCH3 is 2. The van der Waals surface area contributed by atoms with E-state index in [1.807, 2.05) is 75.4 Å². The van der Waals surface area contributed by atoms with E-state index in [1.54, 1.807) is 20.4 Å². The van der Waals surface area contributed by atoms with Gasteiger partial charge in [0.15, 0.2) is 11.5 Å². The van der Waals surface area contributed by atoms with Gasteiger partial charge in [0.05, 0.1) is 19.7 Å². The first-order valence-electron chi connectivity index (χ1n) is 10.3. The predicted octanol–water partition coefficient (Wildman–Crippen LogP) is 6.18. The number of carbonyl (C=O) groups excluding carboxylic acids is 1. The van der Waals surface area contributed by atoms with Crippen LogP contribution in [0.2, 0.25) is 0 Å². The van der Waals surface area contributed by atoms with E-state index in [2.05, 4.69) is 10.3 Å². The molecule has 0 radical (unpaired) electrons. The number of nitrogens with one attached hydrogen (secondary N) is 1. The summed E-state index contributed by atoms with van der Waals surface area (Å²) in [5.41, 5.74) is 1.05. The summed E-state index contributed by atoms with van der Waals surface area (Å²) < 4.78 is 17.0. The largest absolute Gasteiger partial charge is 0.493 e. The molecular formula is C26H26N2O4. The minimum atomic E-state index is -0.475. The summed E-state index contributed by atoms with van der Waals surface area (Å²) in [6, 6.07) is 17.1. The van der Waals surface area contributed by atoms with E-state index >= 15 is 0 Å². The van der Waals surface area contributed by atoms with Crippen LogP contribution in [-0.4, -0.2) is 25.1 Å². The van der Waals surface area contributed by atoms with Crippen molar-refractivity contribution < 1.29 is 19.0 Å². The minimum absolute atomic E-state index is 0.0297. The smallest absolute Gasteiger partial charge is 0.229 e. The standard InChI is InChI=1S/C26H26N2O4/c1-26(2,3)25(29)28-20-8-6-7-16-13-17(9-10-18(16)20)32-22-11-12-27-21-15-24(31-5)23(30-4)14-19(21)22/h6-15H,1-5H3,(H,28,29). The number of amides is 1. The summed E-state index contributed by atoms with van der Waals surface area (Å²) in [6.45, 7) is 5.68. The number of ether oxygens (including phenoxy) is 3. The Balaban J connectivity index is 1.70. The van der Waals surface area contributed by atoms with Crippen LogP contribution in [0.3, 0.4) is 0 Å². The Morgan fingerprint density at radius 1 is 0.875 bits per heavy atom. The highest BCUT2D eigenvalue weighted by Gasteiger charge is 2.21. The van der Waals surface area contributed by atoms with Crippen LogP contribution < -0.4 is 19.5 Å². The molecule has 6 nitrogen and oxygen atoms in total. The second-order valence-electron chi connectivity index (χ2n) is 8.53. The third kappa shape index (κ3) is 4.17. The molecule has 1 N–H and O–H groups in total. The molecule has 3 aromatic carbocycles. The van der Waals surface area contributed by atoms with Crippen molar-refractivity contribution in [3.63, 3.8) is 0 Å². The average molecular weight is 431 g/mol. The van der Waals surface area contributed by atoms with Gasteiger partial charge < -0.3 is 19.5 Å². The van der Waals surface area contributed by atoms with Gasteiger partial charge in [-0.1, -0.05) is 32.9 Å². The number of rotatable bonds is 5. The number of pyridine rings is 1. The summed E-state index contributed by atoms with van der Waals surface area (Å²) in [6.07, 6.45) is 1.70. The molecule has 4 rings (SSSR count). The summed E-state index contributed by atoms with van der Waals surface area (Å²) >= 11 is 0. The monoisotopic (exact) mass is 430 g/mol. The molecule has 0 saturated carbocycles. The van der Waals surface area contributed by atoms with Crippen LogP contribution in [0.5, 0.6) is 23.0 Å². The summed E-state index contributed by atoms with van der Waals surface area (Å²) in [7, 11) is 3.19. The molecule has 4 aromatic rings. The van der Waals surface area contributed by atoms with Gasteiger partial charge in [0.25, 0.3) is 0 Å². The lowest BCUT2D eigenvalue weighted by Crippen LogP contribution is -2.27. The molecule has 0 unspecified atom stereocenters. The van der Waals surface area contributed by atoms with Gasteiger partial charge in [-0.05, 0) is 41.8 Å². The van der Waals surface area contributed by atoms with Crippen LogP contribution in [-0.2, 0) is 4.79 Å². The SMILES string of the molecule is COc1cc2nccc(Oc3ccc4c(NC(=O)C(C)(C)C)cccc4c3)c2cc1OC. The van der Waals surface area contributed by atoms with Crippen molar-refractivity contribution in [3.8, 4) is 23.0 Å². The Hall–Kier alpha value is -3.80. The molecule has 0 bridgehead atoms. The van der Waals surface area contributed by atoms with Crippen molar-refractivity contribution in [2.45, 2.75) is 20.8 Å². The van der Waals surface area contributed by atoms with Gasteiger partial charge in [-0.2, -0.15) is 0 Å². The molecule has 0 aliphatic heterocycles. The van der Waals surface area contributed by atoms with E-state index < -0.39 is 5.41 Å². The number of carbonyl (C=O) groups is 1. The lowest BCUT2D eigenvalue weighted by atomic mass is 9.95. The van der Waals surface area contributed by atoms with Crippen molar-refractivity contribution in [2.75, 3.05) is 19.5 Å². The van der Waals surface area contributed by atoms with Gasteiger partial charge >= 0.3 is 0 Å². The number of hydrogen-bond donors (Lipinski definition) is 1. The van der Waals surface area contributed by atoms with Crippen molar-refractivity contribution in [1.29, 1.82) is 0 Å². The topological polar surface area (TPSA) is 69.7 Å². The predicted molar refractivity (Wildman–Crippen MR) is 127 cm³/mol. The molecular weight excluding hydrogens is 404 g/mol. The molecule has 32 heavy (non-hydrogen) atoms. The van der Waals surface area contributed by atoms with Crippen LogP contribution in [0, 0.1) is 5.41 Å². The molecule has 1 heterocycles.